The minimum absolute atomic E-state index is 0.119. The Hall–Kier alpha value is -3.66. The monoisotopic (exact) mass is 466 g/mol. The summed E-state index contributed by atoms with van der Waals surface area (Å²) in [5.41, 5.74) is 4.04. The molecule has 0 aromatic heterocycles. The third-order valence-electron chi connectivity index (χ3n) is 6.43. The van der Waals surface area contributed by atoms with Crippen LogP contribution in [0.5, 0.6) is 0 Å². The normalized spacial score (nSPS) is 18.0. The lowest BCUT2D eigenvalue weighted by Crippen LogP contribution is -2.12. The zero-order valence-corrected chi connectivity index (χ0v) is 20.9. The quantitative estimate of drug-likeness (QED) is 0.376. The van der Waals surface area contributed by atoms with Crippen molar-refractivity contribution in [1.82, 2.24) is 0 Å². The van der Waals surface area contributed by atoms with Crippen LogP contribution in [0.4, 0.5) is 0 Å². The number of Topliss-reactive ketones (excluding diaryl/α,β-unsaturated/α-hetero) is 4. The second-order valence-corrected chi connectivity index (χ2v) is 10.7. The summed E-state index contributed by atoms with van der Waals surface area (Å²) in [5, 5.41) is 0. The number of hydrogen-bond acceptors (Lipinski definition) is 4. The number of carbonyl (C=O) groups is 4. The first-order chi connectivity index (χ1) is 16.5. The van der Waals surface area contributed by atoms with Gasteiger partial charge in [0.25, 0.3) is 0 Å². The van der Waals surface area contributed by atoms with E-state index in [1.807, 2.05) is 24.3 Å². The van der Waals surface area contributed by atoms with Gasteiger partial charge in [-0.15, -0.1) is 0 Å². The Morgan fingerprint density at radius 3 is 1.97 bits per heavy atom. The number of hydrogen-bond donors (Lipinski definition) is 0. The van der Waals surface area contributed by atoms with Gasteiger partial charge in [0.15, 0.2) is 23.1 Å². The van der Waals surface area contributed by atoms with Crippen LogP contribution in [0.3, 0.4) is 0 Å². The van der Waals surface area contributed by atoms with Crippen LogP contribution in [0.15, 0.2) is 71.8 Å². The van der Waals surface area contributed by atoms with E-state index in [4.69, 9.17) is 0 Å². The van der Waals surface area contributed by atoms with Gasteiger partial charge in [-0.25, -0.2) is 0 Å². The lowest BCUT2D eigenvalue weighted by molar-refractivity contribution is 0.0973. The summed E-state index contributed by atoms with van der Waals surface area (Å²) >= 11 is 0. The maximum absolute atomic E-state index is 12.9. The molecule has 2 aromatic rings. The molecule has 0 atom stereocenters. The zero-order valence-electron chi connectivity index (χ0n) is 20.9. The number of fused-ring (bicyclic) bond motifs is 2. The first-order valence-electron chi connectivity index (χ1n) is 12.0. The minimum atomic E-state index is -0.268. The van der Waals surface area contributed by atoms with Gasteiger partial charge < -0.3 is 0 Å². The van der Waals surface area contributed by atoms with Gasteiger partial charge in [0.05, 0.1) is 11.1 Å². The van der Waals surface area contributed by atoms with Crippen molar-refractivity contribution in [1.29, 1.82) is 0 Å². The van der Waals surface area contributed by atoms with Crippen molar-refractivity contribution in [3.63, 3.8) is 0 Å². The Balaban J connectivity index is 1.48. The van der Waals surface area contributed by atoms with Crippen molar-refractivity contribution >= 4 is 23.1 Å². The van der Waals surface area contributed by atoms with Gasteiger partial charge >= 0.3 is 0 Å². The Morgan fingerprint density at radius 2 is 1.31 bits per heavy atom. The summed E-state index contributed by atoms with van der Waals surface area (Å²) in [6, 6.07) is 10.9. The van der Waals surface area contributed by atoms with Crippen molar-refractivity contribution in [2.45, 2.75) is 52.9 Å². The van der Waals surface area contributed by atoms with Gasteiger partial charge in [0, 0.05) is 22.3 Å². The maximum atomic E-state index is 12.9. The summed E-state index contributed by atoms with van der Waals surface area (Å²) in [4.78, 5) is 51.1. The lowest BCUT2D eigenvalue weighted by Gasteiger charge is -2.19. The van der Waals surface area contributed by atoms with E-state index in [1.54, 1.807) is 30.4 Å². The number of rotatable bonds is 5. The fraction of sp³-hybridized carbons (Fsp3) is 0.290. The molecule has 0 fully saturated rings. The van der Waals surface area contributed by atoms with E-state index >= 15 is 0 Å². The molecule has 4 nitrogen and oxygen atoms in total. The second kappa shape index (κ2) is 9.18. The highest BCUT2D eigenvalue weighted by molar-refractivity contribution is 6.40. The molecule has 35 heavy (non-hydrogen) atoms. The van der Waals surface area contributed by atoms with Crippen molar-refractivity contribution < 1.29 is 19.2 Å². The molecule has 2 aliphatic carbocycles. The van der Waals surface area contributed by atoms with E-state index in [0.29, 0.717) is 34.6 Å². The molecule has 2 aromatic carbocycles. The number of allylic oxidation sites excluding steroid dienone is 6. The van der Waals surface area contributed by atoms with Crippen LogP contribution in [0, 0.1) is 5.92 Å². The summed E-state index contributed by atoms with van der Waals surface area (Å²) in [6.45, 7) is 10.4. The molecule has 4 rings (SSSR count). The van der Waals surface area contributed by atoms with Crippen LogP contribution < -0.4 is 0 Å². The van der Waals surface area contributed by atoms with Gasteiger partial charge in [-0.3, -0.25) is 19.2 Å². The Morgan fingerprint density at radius 1 is 0.743 bits per heavy atom. The molecule has 0 spiro atoms. The molecular formula is C31H30O4. The minimum Gasteiger partial charge on any atom is -0.288 e. The Bertz CT molecular complexity index is 1360. The van der Waals surface area contributed by atoms with Crippen molar-refractivity contribution in [2.24, 2.45) is 5.92 Å². The highest BCUT2D eigenvalue weighted by Gasteiger charge is 2.34. The average molecular weight is 467 g/mol. The summed E-state index contributed by atoms with van der Waals surface area (Å²) < 4.78 is 0. The van der Waals surface area contributed by atoms with E-state index in [9.17, 15) is 19.2 Å². The summed E-state index contributed by atoms with van der Waals surface area (Å²) in [6.07, 6.45) is 7.69. The maximum Gasteiger partial charge on any atom is 0.197 e. The van der Waals surface area contributed by atoms with Crippen molar-refractivity contribution in [3.05, 3.63) is 105 Å². The third-order valence-corrected chi connectivity index (χ3v) is 6.43. The van der Waals surface area contributed by atoms with Crippen LogP contribution in [0.2, 0.25) is 0 Å². The van der Waals surface area contributed by atoms with Crippen LogP contribution in [-0.4, -0.2) is 23.1 Å². The Labute approximate surface area is 206 Å². The SMILES string of the molecule is CC(C)Cc1ccc2c(c1)C(=O)C(=CC=CCC=C1C(=O)c3ccc(C(C)(C)C)cc3C1=O)C2=O. The number of benzene rings is 2. The topological polar surface area (TPSA) is 68.3 Å². The molecule has 0 N–H and O–H groups in total. The van der Waals surface area contributed by atoms with Gasteiger partial charge in [0.1, 0.15) is 0 Å². The molecule has 0 saturated heterocycles. The average Bonchev–Trinajstić information content (AvgIpc) is 3.17. The molecule has 4 heteroatoms. The largest absolute Gasteiger partial charge is 0.288 e. The number of ketones is 4. The molecule has 0 unspecified atom stereocenters. The molecule has 178 valence electrons. The first-order valence-corrected chi connectivity index (χ1v) is 12.0. The smallest absolute Gasteiger partial charge is 0.197 e. The summed E-state index contributed by atoms with van der Waals surface area (Å²) in [7, 11) is 0. The van der Waals surface area contributed by atoms with E-state index in [1.165, 1.54) is 6.08 Å². The second-order valence-electron chi connectivity index (χ2n) is 10.7. The predicted octanol–water partition coefficient (Wildman–Crippen LogP) is 6.44. The van der Waals surface area contributed by atoms with Gasteiger partial charge in [-0.05, 0) is 59.6 Å². The third kappa shape index (κ3) is 4.66. The molecule has 0 radical (unpaired) electrons. The fourth-order valence-corrected chi connectivity index (χ4v) is 4.52. The summed E-state index contributed by atoms with van der Waals surface area (Å²) in [5.74, 6) is -0.581. The molecular weight excluding hydrogens is 436 g/mol. The molecule has 0 bridgehead atoms. The van der Waals surface area contributed by atoms with Gasteiger partial charge in [-0.1, -0.05) is 71.0 Å². The van der Waals surface area contributed by atoms with E-state index in [0.717, 1.165) is 17.5 Å². The van der Waals surface area contributed by atoms with Crippen LogP contribution in [0.1, 0.15) is 93.6 Å². The molecule has 0 saturated carbocycles. The van der Waals surface area contributed by atoms with Crippen LogP contribution >= 0.6 is 0 Å². The lowest BCUT2D eigenvalue weighted by atomic mass is 9.85. The van der Waals surface area contributed by atoms with E-state index < -0.39 is 0 Å². The van der Waals surface area contributed by atoms with Gasteiger partial charge in [0.2, 0.25) is 0 Å². The molecule has 0 amide bonds. The highest BCUT2D eigenvalue weighted by atomic mass is 16.2. The van der Waals surface area contributed by atoms with E-state index in [-0.39, 0.29) is 39.7 Å². The standard InChI is InChI=1S/C31H30O4/c1-18(2)15-19-11-13-21-25(16-19)29(34)23(27(21)32)9-7-6-8-10-24-28(33)22-14-12-20(31(3,4)5)17-26(22)30(24)35/h6-7,9-14,16-18H,8,15H2,1-5H3. The predicted molar refractivity (Wildman–Crippen MR) is 137 cm³/mol. The van der Waals surface area contributed by atoms with Crippen molar-refractivity contribution in [3.8, 4) is 0 Å². The van der Waals surface area contributed by atoms with Gasteiger partial charge in [-0.2, -0.15) is 0 Å². The fourth-order valence-electron chi connectivity index (χ4n) is 4.52. The molecule has 0 aliphatic heterocycles. The Kier molecular flexibility index (Phi) is 6.42. The van der Waals surface area contributed by atoms with E-state index in [2.05, 4.69) is 34.6 Å². The van der Waals surface area contributed by atoms with Crippen molar-refractivity contribution in [2.75, 3.05) is 0 Å². The number of carbonyl (C=O) groups excluding carboxylic acids is 4. The molecule has 2 aliphatic rings. The van der Waals surface area contributed by atoms with Crippen LogP contribution in [-0.2, 0) is 11.8 Å². The van der Waals surface area contributed by atoms with Crippen LogP contribution in [0.25, 0.3) is 0 Å². The first kappa shape index (κ1) is 24.5. The molecule has 0 heterocycles. The highest BCUT2D eigenvalue weighted by Crippen LogP contribution is 2.32. The zero-order chi connectivity index (χ0) is 25.5.